The predicted octanol–water partition coefficient (Wildman–Crippen LogP) is 2.85. The number of nitrogens with one attached hydrogen (secondary N) is 1. The summed E-state index contributed by atoms with van der Waals surface area (Å²) in [6, 6.07) is 5.72. The average molecular weight is 347 g/mol. The number of rotatable bonds is 5. The van der Waals surface area contributed by atoms with Crippen LogP contribution in [0.2, 0.25) is 0 Å². The van der Waals surface area contributed by atoms with E-state index >= 15 is 0 Å². The smallest absolute Gasteiger partial charge is 0.255 e. The lowest BCUT2D eigenvalue weighted by atomic mass is 9.99. The number of aromatic nitrogens is 2. The minimum atomic E-state index is -1.10. The number of aliphatic hydroxyl groups is 1. The van der Waals surface area contributed by atoms with E-state index < -0.39 is 5.60 Å². The highest BCUT2D eigenvalue weighted by Gasteiger charge is 2.26. The van der Waals surface area contributed by atoms with Crippen LogP contribution in [-0.2, 0) is 12.6 Å². The van der Waals surface area contributed by atoms with Gasteiger partial charge in [-0.3, -0.25) is 9.48 Å². The maximum atomic E-state index is 12.5. The molecule has 5 nitrogen and oxygen atoms in total. The van der Waals surface area contributed by atoms with Crippen molar-refractivity contribution in [1.82, 2.24) is 15.1 Å². The largest absolute Gasteiger partial charge is 0.384 e. The summed E-state index contributed by atoms with van der Waals surface area (Å²) in [4.78, 5) is 13.5. The van der Waals surface area contributed by atoms with E-state index in [1.54, 1.807) is 24.9 Å². The lowest BCUT2D eigenvalue weighted by Crippen LogP contribution is -2.38. The standard InChI is InChI=1S/C16H17N3O2S2/c1-16(21,11-5-7-22-9-11)10-17-15(20)12-8-19(2)18-14(12)13-4-3-6-23-13/h3-9,21H,10H2,1-2H3,(H,17,20). The molecular formula is C16H17N3O2S2. The Kier molecular flexibility index (Phi) is 4.34. The van der Waals surface area contributed by atoms with Gasteiger partial charge < -0.3 is 10.4 Å². The molecule has 1 atom stereocenters. The lowest BCUT2D eigenvalue weighted by molar-refractivity contribution is 0.0530. The third-order valence-electron chi connectivity index (χ3n) is 3.56. The summed E-state index contributed by atoms with van der Waals surface area (Å²) < 4.78 is 1.63. The number of nitrogens with zero attached hydrogens (tertiary/aromatic N) is 2. The first-order valence-corrected chi connectivity index (χ1v) is 8.90. The average Bonchev–Trinajstić information content (AvgIpc) is 3.24. The van der Waals surface area contributed by atoms with Gasteiger partial charge in [0, 0.05) is 13.2 Å². The van der Waals surface area contributed by atoms with Gasteiger partial charge in [-0.15, -0.1) is 11.3 Å². The van der Waals surface area contributed by atoms with Crippen molar-refractivity contribution in [3.63, 3.8) is 0 Å². The molecule has 3 rings (SSSR count). The molecule has 0 aliphatic carbocycles. The molecule has 3 aromatic rings. The third-order valence-corrected chi connectivity index (χ3v) is 5.12. The van der Waals surface area contributed by atoms with Crippen molar-refractivity contribution in [3.05, 3.63) is 51.7 Å². The van der Waals surface area contributed by atoms with Crippen LogP contribution < -0.4 is 5.32 Å². The first-order valence-electron chi connectivity index (χ1n) is 7.08. The van der Waals surface area contributed by atoms with Crippen molar-refractivity contribution in [1.29, 1.82) is 0 Å². The van der Waals surface area contributed by atoms with Crippen molar-refractivity contribution in [2.75, 3.05) is 6.54 Å². The van der Waals surface area contributed by atoms with Gasteiger partial charge in [0.25, 0.3) is 5.91 Å². The normalized spacial score (nSPS) is 13.7. The van der Waals surface area contributed by atoms with Crippen LogP contribution in [0.25, 0.3) is 10.6 Å². The molecule has 0 bridgehead atoms. The van der Waals surface area contributed by atoms with E-state index in [1.165, 1.54) is 22.7 Å². The zero-order chi connectivity index (χ0) is 16.4. The first-order chi connectivity index (χ1) is 11.0. The topological polar surface area (TPSA) is 67.2 Å². The Morgan fingerprint density at radius 1 is 1.43 bits per heavy atom. The molecule has 0 aliphatic rings. The molecule has 23 heavy (non-hydrogen) atoms. The highest BCUT2D eigenvalue weighted by atomic mass is 32.1. The van der Waals surface area contributed by atoms with Crippen molar-refractivity contribution in [2.24, 2.45) is 7.05 Å². The molecule has 0 aromatic carbocycles. The summed E-state index contributed by atoms with van der Waals surface area (Å²) >= 11 is 3.06. The number of carbonyl (C=O) groups excluding carboxylic acids is 1. The van der Waals surface area contributed by atoms with Gasteiger partial charge in [0.2, 0.25) is 0 Å². The van der Waals surface area contributed by atoms with Crippen LogP contribution in [-0.4, -0.2) is 27.3 Å². The Bertz CT molecular complexity index is 790. The molecule has 1 amide bonds. The summed E-state index contributed by atoms with van der Waals surface area (Å²) in [5, 5.41) is 23.4. The predicted molar refractivity (Wildman–Crippen MR) is 92.7 cm³/mol. The lowest BCUT2D eigenvalue weighted by Gasteiger charge is -2.22. The third kappa shape index (κ3) is 3.36. The molecule has 3 heterocycles. The highest BCUT2D eigenvalue weighted by molar-refractivity contribution is 7.13. The van der Waals surface area contributed by atoms with Crippen molar-refractivity contribution in [2.45, 2.75) is 12.5 Å². The highest BCUT2D eigenvalue weighted by Crippen LogP contribution is 2.27. The zero-order valence-electron chi connectivity index (χ0n) is 12.8. The van der Waals surface area contributed by atoms with E-state index in [4.69, 9.17) is 0 Å². The van der Waals surface area contributed by atoms with E-state index in [-0.39, 0.29) is 12.5 Å². The number of thiophene rings is 2. The van der Waals surface area contributed by atoms with Crippen LogP contribution in [0.1, 0.15) is 22.8 Å². The van der Waals surface area contributed by atoms with Gasteiger partial charge in [0.1, 0.15) is 11.3 Å². The summed E-state index contributed by atoms with van der Waals surface area (Å²) in [6.45, 7) is 1.83. The van der Waals surface area contributed by atoms with Crippen LogP contribution in [0.3, 0.4) is 0 Å². The summed E-state index contributed by atoms with van der Waals surface area (Å²) in [5.41, 5.74) is 0.875. The molecule has 3 aromatic heterocycles. The van der Waals surface area contributed by atoms with E-state index in [2.05, 4.69) is 10.4 Å². The molecular weight excluding hydrogens is 330 g/mol. The summed E-state index contributed by atoms with van der Waals surface area (Å²) in [5.74, 6) is -0.239. The van der Waals surface area contributed by atoms with E-state index in [0.717, 1.165) is 10.4 Å². The van der Waals surface area contributed by atoms with Gasteiger partial charge >= 0.3 is 0 Å². The zero-order valence-corrected chi connectivity index (χ0v) is 14.4. The molecule has 0 saturated heterocycles. The van der Waals surface area contributed by atoms with Crippen molar-refractivity contribution in [3.8, 4) is 10.6 Å². The van der Waals surface area contributed by atoms with Gasteiger partial charge in [-0.1, -0.05) is 6.07 Å². The van der Waals surface area contributed by atoms with Crippen LogP contribution in [0.5, 0.6) is 0 Å². The van der Waals surface area contributed by atoms with Gasteiger partial charge in [-0.05, 0) is 40.8 Å². The molecule has 0 spiro atoms. The van der Waals surface area contributed by atoms with Gasteiger partial charge in [0.15, 0.2) is 0 Å². The molecule has 0 fully saturated rings. The minimum absolute atomic E-state index is 0.140. The monoisotopic (exact) mass is 347 g/mol. The number of hydrogen-bond acceptors (Lipinski definition) is 5. The molecule has 0 aliphatic heterocycles. The first kappa shape index (κ1) is 15.9. The number of amides is 1. The Labute approximate surface area is 142 Å². The Hall–Kier alpha value is -1.96. The van der Waals surface area contributed by atoms with Crippen LogP contribution in [0, 0.1) is 0 Å². The minimum Gasteiger partial charge on any atom is -0.384 e. The Balaban J connectivity index is 1.77. The SMILES string of the molecule is Cn1cc(C(=O)NCC(C)(O)c2ccsc2)c(-c2cccs2)n1. The van der Waals surface area contributed by atoms with Crippen LogP contribution in [0.4, 0.5) is 0 Å². The molecule has 0 radical (unpaired) electrons. The second kappa shape index (κ2) is 6.27. The van der Waals surface area contributed by atoms with E-state index in [9.17, 15) is 9.90 Å². The fraction of sp³-hybridized carbons (Fsp3) is 0.250. The van der Waals surface area contributed by atoms with Crippen molar-refractivity contribution >= 4 is 28.6 Å². The number of carbonyl (C=O) groups is 1. The van der Waals surface area contributed by atoms with E-state index in [1.807, 2.05) is 34.3 Å². The summed E-state index contributed by atoms with van der Waals surface area (Å²) in [7, 11) is 1.79. The van der Waals surface area contributed by atoms with E-state index in [0.29, 0.717) is 11.3 Å². The Morgan fingerprint density at radius 2 is 2.26 bits per heavy atom. The fourth-order valence-electron chi connectivity index (χ4n) is 2.27. The van der Waals surface area contributed by atoms with Crippen molar-refractivity contribution < 1.29 is 9.90 Å². The van der Waals surface area contributed by atoms with Crippen LogP contribution in [0.15, 0.2) is 40.5 Å². The quantitative estimate of drug-likeness (QED) is 0.746. The van der Waals surface area contributed by atoms with Crippen LogP contribution >= 0.6 is 22.7 Å². The van der Waals surface area contributed by atoms with Gasteiger partial charge in [-0.2, -0.15) is 16.4 Å². The maximum absolute atomic E-state index is 12.5. The summed E-state index contributed by atoms with van der Waals surface area (Å²) in [6.07, 6.45) is 1.70. The second-order valence-electron chi connectivity index (χ2n) is 5.51. The molecule has 0 saturated carbocycles. The molecule has 120 valence electrons. The maximum Gasteiger partial charge on any atom is 0.255 e. The van der Waals surface area contributed by atoms with Gasteiger partial charge in [0.05, 0.1) is 17.0 Å². The number of aryl methyl sites for hydroxylation is 1. The number of hydrogen-bond donors (Lipinski definition) is 2. The molecule has 7 heteroatoms. The fourth-order valence-corrected chi connectivity index (χ4v) is 3.78. The molecule has 2 N–H and O–H groups in total. The van der Waals surface area contributed by atoms with Gasteiger partial charge in [-0.25, -0.2) is 0 Å². The second-order valence-corrected chi connectivity index (χ2v) is 7.24. The molecule has 1 unspecified atom stereocenters. The Morgan fingerprint density at radius 3 is 2.91 bits per heavy atom.